The van der Waals surface area contributed by atoms with Gasteiger partial charge >= 0.3 is 18.0 Å². The van der Waals surface area contributed by atoms with Gasteiger partial charge in [0.05, 0.1) is 40.1 Å². The Labute approximate surface area is 523 Å². The number of nitrogens with one attached hydrogen (secondary N) is 2. The molecule has 5 fully saturated rings. The Morgan fingerprint density at radius 1 is 0.911 bits per heavy atom. The zero-order valence-corrected chi connectivity index (χ0v) is 51.8. The molecule has 12 rings (SSSR count). The van der Waals surface area contributed by atoms with E-state index in [4.69, 9.17) is 34.8 Å². The number of nitrogens with zero attached hydrogens (tertiary/aromatic N) is 6. The molecule has 0 spiro atoms. The SMILES string of the molecule is Cc1c(-c2ccc(N3CCc4cccc(C(=O)Nc5nc6ccccc6s5)c4C3)nc2C(=O)O)cnn1CC12CC3(C)CC(C)(C1)CC(OCCN(CCS(=O)(=O)O)C(=O)OC/C=C/c1ccc(O[C@@H]4O[C@H](C(=O)O)[C@@H](O)[C@H](O)[C@H]4O)c(NCCCN)c1)(C3)C2. The maximum atomic E-state index is 13.8. The smallest absolute Gasteiger partial charge is 0.410 e. The van der Waals surface area contributed by atoms with E-state index in [0.29, 0.717) is 90.9 Å². The van der Waals surface area contributed by atoms with E-state index < -0.39 is 70.2 Å². The second-order valence-electron chi connectivity index (χ2n) is 25.4. The molecule has 4 aliphatic carbocycles. The second kappa shape index (κ2) is 25.6. The molecule has 3 aromatic heterocycles. The molecule has 6 aliphatic rings. The Morgan fingerprint density at radius 2 is 1.69 bits per heavy atom. The fraction of sp³-hybridized carbons (Fsp3) is 0.476. The summed E-state index contributed by atoms with van der Waals surface area (Å²) in [6, 6.07) is 21.8. The number of aliphatic hydroxyl groups is 3. The van der Waals surface area contributed by atoms with Crippen molar-refractivity contribution >= 4 is 78.3 Å². The van der Waals surface area contributed by atoms with Gasteiger partial charge in [0.2, 0.25) is 6.29 Å². The maximum Gasteiger partial charge on any atom is 0.410 e. The lowest BCUT2D eigenvalue weighted by atomic mass is 9.39. The molecule has 90 heavy (non-hydrogen) atoms. The first-order chi connectivity index (χ1) is 42.8. The highest BCUT2D eigenvalue weighted by Crippen LogP contribution is 2.72. The van der Waals surface area contributed by atoms with Crippen LogP contribution in [-0.4, -0.2) is 175 Å². The highest BCUT2D eigenvalue weighted by molar-refractivity contribution is 7.85. The number of aliphatic carboxylic acids is 1. The molecule has 25 nitrogen and oxygen atoms in total. The molecule has 3 aromatic carbocycles. The average Bonchev–Trinajstić information content (AvgIpc) is 0.909. The molecule has 10 N–H and O–H groups in total. The first-order valence-corrected chi connectivity index (χ1v) is 32.4. The lowest BCUT2D eigenvalue weighted by molar-refractivity contribution is -0.271. The van der Waals surface area contributed by atoms with Crippen LogP contribution in [0, 0.1) is 23.2 Å². The van der Waals surface area contributed by atoms with Gasteiger partial charge in [-0.15, -0.1) is 0 Å². The number of nitrogens with two attached hydrogens (primary N) is 1. The van der Waals surface area contributed by atoms with Crippen molar-refractivity contribution in [3.63, 3.8) is 0 Å². The van der Waals surface area contributed by atoms with Gasteiger partial charge < -0.3 is 65.3 Å². The van der Waals surface area contributed by atoms with Gasteiger partial charge in [0.1, 0.15) is 36.5 Å². The fourth-order valence-electron chi connectivity index (χ4n) is 15.2. The molecule has 7 atom stereocenters. The first kappa shape index (κ1) is 63.9. The van der Waals surface area contributed by atoms with Crippen LogP contribution in [0.4, 0.5) is 21.4 Å². The number of thiazole rings is 1. The van der Waals surface area contributed by atoms with Crippen molar-refractivity contribution in [2.45, 2.75) is 122 Å². The molecule has 27 heteroatoms. The quantitative estimate of drug-likeness (QED) is 0.0228. The minimum absolute atomic E-state index is 0.0441. The molecule has 4 saturated carbocycles. The van der Waals surface area contributed by atoms with Crippen LogP contribution in [-0.2, 0) is 48.6 Å². The first-order valence-electron chi connectivity index (χ1n) is 30.0. The predicted octanol–water partition coefficient (Wildman–Crippen LogP) is 6.58. The lowest BCUT2D eigenvalue weighted by Crippen LogP contribution is -2.64. The van der Waals surface area contributed by atoms with Crippen molar-refractivity contribution in [3.8, 4) is 16.9 Å². The molecule has 6 aromatic rings. The van der Waals surface area contributed by atoms with Crippen molar-refractivity contribution in [2.24, 2.45) is 22.0 Å². The van der Waals surface area contributed by atoms with Gasteiger partial charge in [0.15, 0.2) is 16.9 Å². The summed E-state index contributed by atoms with van der Waals surface area (Å²) in [5.74, 6) is -3.17. The minimum atomic E-state index is -4.48. The molecule has 0 radical (unpaired) electrons. The third-order valence-corrected chi connectivity index (χ3v) is 19.6. The number of para-hydroxylation sites is 1. The van der Waals surface area contributed by atoms with E-state index in [0.717, 1.165) is 59.1 Å². The number of carbonyl (C=O) groups is 4. The zero-order chi connectivity index (χ0) is 63.9. The molecule has 2 aliphatic heterocycles. The van der Waals surface area contributed by atoms with E-state index in [1.54, 1.807) is 42.6 Å². The van der Waals surface area contributed by atoms with Crippen molar-refractivity contribution in [1.29, 1.82) is 0 Å². The van der Waals surface area contributed by atoms with Gasteiger partial charge in [-0.1, -0.05) is 61.6 Å². The third kappa shape index (κ3) is 13.8. The Morgan fingerprint density at radius 3 is 2.42 bits per heavy atom. The summed E-state index contributed by atoms with van der Waals surface area (Å²) in [5, 5.41) is 62.8. The van der Waals surface area contributed by atoms with Gasteiger partial charge in [-0.25, -0.2) is 24.4 Å². The molecule has 2 unspecified atom stereocenters. The number of pyridine rings is 1. The summed E-state index contributed by atoms with van der Waals surface area (Å²) in [7, 11) is -4.48. The largest absolute Gasteiger partial charge is 0.479 e. The number of benzene rings is 3. The maximum absolute atomic E-state index is 13.8. The molecule has 5 heterocycles. The number of amides is 2. The van der Waals surface area contributed by atoms with Crippen LogP contribution >= 0.6 is 11.3 Å². The number of carboxylic acids is 2. The number of aliphatic hydroxyl groups excluding tert-OH is 3. The standard InChI is InChI=1S/C63H75N9O16S2/c1-37-42(40-15-17-48(68-49(40)55(77)78)71-21-18-39-10-6-11-41(43(39)29-71)54(76)69-58-67-44-12-4-5-13-47(44)89-58)28-66-72(37)36-62-31-60(2)30-61(3,32-62)34-63(33-60,35-62)86-25-22-70(23-26-90(82,83)84)59(81)85-24-7-9-38-14-16-46(45(27-38)65-20-8-19-64)87-57-52(75)50(73)51(74)53(88-57)56(79)80/h4-7,9-17,27-28,50-53,57,65,73-75H,8,18-26,29-36,64H2,1-3H3,(H,77,78)(H,79,80)(H,67,69,76)(H,82,83,84)/b9-7+/t50-,51-,52+,53-,57+,60?,61?,62?,63?/m0/s1. The fourth-order valence-corrected chi connectivity index (χ4v) is 16.5. The topological polar surface area (TPSA) is 361 Å². The molecule has 2 amide bonds. The third-order valence-electron chi connectivity index (χ3n) is 18.0. The summed E-state index contributed by atoms with van der Waals surface area (Å²) in [5.41, 5.74) is 10.5. The molecule has 1 saturated heterocycles. The van der Waals surface area contributed by atoms with Crippen molar-refractivity contribution in [3.05, 3.63) is 119 Å². The van der Waals surface area contributed by atoms with Crippen molar-refractivity contribution in [1.82, 2.24) is 24.6 Å². The van der Waals surface area contributed by atoms with Crippen molar-refractivity contribution < 1.29 is 76.6 Å². The molecular weight excluding hydrogens is 1200 g/mol. The zero-order valence-electron chi connectivity index (χ0n) is 50.1. The average molecular weight is 1280 g/mol. The van der Waals surface area contributed by atoms with E-state index in [2.05, 4.69) is 29.5 Å². The highest BCUT2D eigenvalue weighted by Gasteiger charge is 2.66. The van der Waals surface area contributed by atoms with E-state index >= 15 is 0 Å². The Bertz CT molecular complexity index is 3810. The number of rotatable bonds is 24. The molecule has 480 valence electrons. The van der Waals surface area contributed by atoms with Gasteiger partial charge in [-0.05, 0) is 146 Å². The molecular formula is C63H75N9O16S2. The van der Waals surface area contributed by atoms with Crippen LogP contribution in [0.3, 0.4) is 0 Å². The Hall–Kier alpha value is -7.60. The number of aromatic nitrogens is 4. The van der Waals surface area contributed by atoms with Crippen LogP contribution in [0.1, 0.15) is 102 Å². The summed E-state index contributed by atoms with van der Waals surface area (Å²) in [6.07, 6.45) is 1.20. The highest BCUT2D eigenvalue weighted by atomic mass is 32.2. The summed E-state index contributed by atoms with van der Waals surface area (Å²) >= 11 is 1.40. The molecule has 4 bridgehead atoms. The van der Waals surface area contributed by atoms with Gasteiger partial charge in [0, 0.05) is 61.7 Å². The van der Waals surface area contributed by atoms with Crippen LogP contribution in [0.15, 0.2) is 85.1 Å². The van der Waals surface area contributed by atoms with Crippen LogP contribution in [0.2, 0.25) is 0 Å². The van der Waals surface area contributed by atoms with Crippen molar-refractivity contribution in [2.75, 3.05) is 67.2 Å². The number of carboxylic acid groups (broad SMARTS) is 2. The Balaban J connectivity index is 0.742. The number of hydrogen-bond acceptors (Lipinski definition) is 20. The number of ether oxygens (including phenoxy) is 4. The summed E-state index contributed by atoms with van der Waals surface area (Å²) < 4.78 is 60.4. The van der Waals surface area contributed by atoms with E-state index in [-0.39, 0.29) is 59.9 Å². The summed E-state index contributed by atoms with van der Waals surface area (Å²) in [4.78, 5) is 64.9. The minimum Gasteiger partial charge on any atom is -0.479 e. The van der Waals surface area contributed by atoms with Crippen LogP contribution in [0.25, 0.3) is 27.4 Å². The van der Waals surface area contributed by atoms with E-state index in [9.17, 15) is 57.7 Å². The van der Waals surface area contributed by atoms with Crippen LogP contribution in [0.5, 0.6) is 5.75 Å². The van der Waals surface area contributed by atoms with E-state index in [1.165, 1.54) is 22.3 Å². The lowest BCUT2D eigenvalue weighted by Gasteiger charge is -2.69. The predicted molar refractivity (Wildman–Crippen MR) is 333 cm³/mol. The normalized spacial score (nSPS) is 26.1. The number of hydrogen-bond donors (Lipinski definition) is 9. The number of fused-ring (bicyclic) bond motifs is 2. The number of carbonyl (C=O) groups excluding carboxylic acids is 2. The van der Waals surface area contributed by atoms with Gasteiger partial charge in [-0.2, -0.15) is 13.5 Å². The monoisotopic (exact) mass is 1280 g/mol. The van der Waals surface area contributed by atoms with Crippen LogP contribution < -0.4 is 26.0 Å². The van der Waals surface area contributed by atoms with E-state index in [1.807, 2.05) is 59.0 Å². The second-order valence-corrected chi connectivity index (χ2v) is 28.0. The number of anilines is 3. The number of aromatic carboxylic acids is 1. The van der Waals surface area contributed by atoms with Gasteiger partial charge in [-0.3, -0.25) is 19.3 Å². The summed E-state index contributed by atoms with van der Waals surface area (Å²) in [6.45, 7) is 8.12. The van der Waals surface area contributed by atoms with Gasteiger partial charge in [0.25, 0.3) is 16.0 Å². The Kier molecular flexibility index (Phi) is 18.2.